The van der Waals surface area contributed by atoms with E-state index in [9.17, 15) is 10.1 Å². The molecule has 4 rings (SSSR count). The Bertz CT molecular complexity index is 1020. The molecule has 1 aliphatic carbocycles. The number of nitrogens with zero attached hydrogens (tertiary/aromatic N) is 5. The monoisotopic (exact) mass is 378 g/mol. The second-order valence-corrected chi connectivity index (χ2v) is 7.70. The lowest BCUT2D eigenvalue weighted by Gasteiger charge is -2.22. The first-order valence-electron chi connectivity index (χ1n) is 8.70. The van der Waals surface area contributed by atoms with Gasteiger partial charge in [-0.1, -0.05) is 30.0 Å². The van der Waals surface area contributed by atoms with E-state index in [0.29, 0.717) is 10.7 Å². The Labute approximate surface area is 160 Å². The molecule has 1 amide bonds. The van der Waals surface area contributed by atoms with Crippen molar-refractivity contribution in [1.29, 1.82) is 5.26 Å². The second-order valence-electron chi connectivity index (χ2n) is 6.73. The molecule has 1 atom stereocenters. The first kappa shape index (κ1) is 17.5. The molecule has 0 radical (unpaired) electrons. The van der Waals surface area contributed by atoms with Crippen molar-refractivity contribution >= 4 is 28.7 Å². The van der Waals surface area contributed by atoms with E-state index in [-0.39, 0.29) is 17.6 Å². The number of nitrogens with one attached hydrogen (secondary N) is 1. The number of fused-ring (bicyclic) bond motifs is 1. The number of para-hydroxylation sites is 1. The summed E-state index contributed by atoms with van der Waals surface area (Å²) in [5.41, 5.74) is 0.824. The molecule has 8 heteroatoms. The molecule has 3 aromatic rings. The summed E-state index contributed by atoms with van der Waals surface area (Å²) in [6.45, 7) is 1.79. The smallest absolute Gasteiger partial charge is 0.231 e. The zero-order valence-corrected chi connectivity index (χ0v) is 15.6. The van der Waals surface area contributed by atoms with Gasteiger partial charge in [0.15, 0.2) is 5.65 Å². The molecule has 1 unspecified atom stereocenters. The molecule has 0 saturated heterocycles. The van der Waals surface area contributed by atoms with Crippen LogP contribution in [0.15, 0.2) is 47.9 Å². The Balaban J connectivity index is 1.51. The molecule has 0 aliphatic heterocycles. The lowest BCUT2D eigenvalue weighted by molar-refractivity contribution is -0.119. The second kappa shape index (κ2) is 7.00. The van der Waals surface area contributed by atoms with Crippen LogP contribution in [0.3, 0.4) is 0 Å². The summed E-state index contributed by atoms with van der Waals surface area (Å²) in [5.74, 6) is 0.275. The standard InChI is InChI=1S/C19H18N6OS/c1-19(11-20,13-7-8-13)24-16(26)10-27-18-15-9-23-25(17(15)21-12-22-18)14-5-3-2-4-6-14/h2-6,9,12-13H,7-8,10H2,1H3,(H,24,26). The van der Waals surface area contributed by atoms with Crippen LogP contribution in [0.25, 0.3) is 16.7 Å². The van der Waals surface area contributed by atoms with Gasteiger partial charge in [-0.25, -0.2) is 14.6 Å². The molecule has 1 aromatic carbocycles. The molecule has 136 valence electrons. The van der Waals surface area contributed by atoms with Gasteiger partial charge in [-0.15, -0.1) is 0 Å². The topological polar surface area (TPSA) is 96.5 Å². The third kappa shape index (κ3) is 3.51. The maximum absolute atomic E-state index is 12.3. The first-order chi connectivity index (χ1) is 13.1. The molecule has 0 spiro atoms. The third-order valence-corrected chi connectivity index (χ3v) is 5.70. The number of thioether (sulfide) groups is 1. The molecule has 0 bridgehead atoms. The number of amides is 1. The van der Waals surface area contributed by atoms with Crippen molar-refractivity contribution < 1.29 is 4.79 Å². The summed E-state index contributed by atoms with van der Waals surface area (Å²) < 4.78 is 1.75. The van der Waals surface area contributed by atoms with E-state index in [2.05, 4.69) is 26.5 Å². The summed E-state index contributed by atoms with van der Waals surface area (Å²) in [6, 6.07) is 12.0. The molecule has 1 saturated carbocycles. The average Bonchev–Trinajstić information content (AvgIpc) is 3.47. The van der Waals surface area contributed by atoms with Crippen LogP contribution in [-0.2, 0) is 4.79 Å². The molecule has 27 heavy (non-hydrogen) atoms. The summed E-state index contributed by atoms with van der Waals surface area (Å²) in [6.07, 6.45) is 5.17. The summed E-state index contributed by atoms with van der Waals surface area (Å²) in [7, 11) is 0. The average molecular weight is 378 g/mol. The Kier molecular flexibility index (Phi) is 4.54. The van der Waals surface area contributed by atoms with Gasteiger partial charge in [-0.2, -0.15) is 10.4 Å². The largest absolute Gasteiger partial charge is 0.337 e. The summed E-state index contributed by atoms with van der Waals surface area (Å²) in [4.78, 5) is 21.0. The predicted molar refractivity (Wildman–Crippen MR) is 102 cm³/mol. The molecule has 1 fully saturated rings. The Morgan fingerprint density at radius 1 is 1.37 bits per heavy atom. The van der Waals surface area contributed by atoms with Crippen molar-refractivity contribution in [3.8, 4) is 11.8 Å². The van der Waals surface area contributed by atoms with Gasteiger partial charge in [0.05, 0.1) is 29.1 Å². The number of benzene rings is 1. The van der Waals surface area contributed by atoms with Crippen LogP contribution in [0.5, 0.6) is 0 Å². The maximum Gasteiger partial charge on any atom is 0.231 e. The lowest BCUT2D eigenvalue weighted by atomic mass is 9.98. The minimum absolute atomic E-state index is 0.168. The van der Waals surface area contributed by atoms with Gasteiger partial charge >= 0.3 is 0 Å². The van der Waals surface area contributed by atoms with E-state index in [1.54, 1.807) is 17.8 Å². The zero-order chi connectivity index (χ0) is 18.9. The maximum atomic E-state index is 12.3. The highest BCUT2D eigenvalue weighted by molar-refractivity contribution is 8.00. The highest BCUT2D eigenvalue weighted by Gasteiger charge is 2.42. The van der Waals surface area contributed by atoms with Crippen LogP contribution >= 0.6 is 11.8 Å². The van der Waals surface area contributed by atoms with Crippen molar-refractivity contribution in [2.24, 2.45) is 5.92 Å². The zero-order valence-electron chi connectivity index (χ0n) is 14.8. The SMILES string of the molecule is CC(C#N)(NC(=O)CSc1ncnc2c1cnn2-c1ccccc1)C1CC1. The molecule has 1 N–H and O–H groups in total. The van der Waals surface area contributed by atoms with Crippen molar-refractivity contribution in [2.75, 3.05) is 5.75 Å². The Hall–Kier alpha value is -2.92. The van der Waals surface area contributed by atoms with Crippen LogP contribution in [0.4, 0.5) is 0 Å². The van der Waals surface area contributed by atoms with Crippen molar-refractivity contribution in [3.63, 3.8) is 0 Å². The highest BCUT2D eigenvalue weighted by atomic mass is 32.2. The van der Waals surface area contributed by atoms with Gasteiger partial charge in [0.25, 0.3) is 0 Å². The Morgan fingerprint density at radius 3 is 2.85 bits per heavy atom. The number of rotatable bonds is 6. The van der Waals surface area contributed by atoms with E-state index < -0.39 is 5.54 Å². The highest BCUT2D eigenvalue weighted by Crippen LogP contribution is 2.39. The molecular weight excluding hydrogens is 360 g/mol. The lowest BCUT2D eigenvalue weighted by Crippen LogP contribution is -2.47. The number of carbonyl (C=O) groups excluding carboxylic acids is 1. The fourth-order valence-corrected chi connectivity index (χ4v) is 3.80. The van der Waals surface area contributed by atoms with Gasteiger partial charge in [0.1, 0.15) is 16.9 Å². The van der Waals surface area contributed by atoms with E-state index in [1.165, 1.54) is 18.1 Å². The van der Waals surface area contributed by atoms with E-state index in [4.69, 9.17) is 0 Å². The fraction of sp³-hybridized carbons (Fsp3) is 0.316. The number of carbonyl (C=O) groups is 1. The Morgan fingerprint density at radius 2 is 2.15 bits per heavy atom. The molecule has 7 nitrogen and oxygen atoms in total. The van der Waals surface area contributed by atoms with Gasteiger partial charge in [0.2, 0.25) is 5.91 Å². The number of aromatic nitrogens is 4. The van der Waals surface area contributed by atoms with Crippen molar-refractivity contribution in [1.82, 2.24) is 25.1 Å². The van der Waals surface area contributed by atoms with Gasteiger partial charge in [0, 0.05) is 0 Å². The van der Waals surface area contributed by atoms with E-state index in [1.807, 2.05) is 30.3 Å². The predicted octanol–water partition coefficient (Wildman–Crippen LogP) is 2.72. The van der Waals surface area contributed by atoms with Crippen LogP contribution in [0, 0.1) is 17.2 Å². The molecule has 1 aliphatic rings. The quantitative estimate of drug-likeness (QED) is 0.523. The van der Waals surface area contributed by atoms with Crippen LogP contribution in [0.1, 0.15) is 19.8 Å². The minimum Gasteiger partial charge on any atom is -0.337 e. The van der Waals surface area contributed by atoms with Gasteiger partial charge in [-0.3, -0.25) is 4.79 Å². The van der Waals surface area contributed by atoms with Crippen LogP contribution < -0.4 is 5.32 Å². The number of hydrogen-bond acceptors (Lipinski definition) is 6. The van der Waals surface area contributed by atoms with E-state index >= 15 is 0 Å². The molecule has 2 aromatic heterocycles. The first-order valence-corrected chi connectivity index (χ1v) is 9.68. The third-order valence-electron chi connectivity index (χ3n) is 4.70. The number of hydrogen-bond donors (Lipinski definition) is 1. The van der Waals surface area contributed by atoms with Gasteiger partial charge < -0.3 is 5.32 Å². The van der Waals surface area contributed by atoms with Crippen LogP contribution in [-0.4, -0.2) is 36.9 Å². The number of nitriles is 1. The summed E-state index contributed by atoms with van der Waals surface area (Å²) >= 11 is 1.32. The summed E-state index contributed by atoms with van der Waals surface area (Å²) in [5, 5.41) is 18.2. The minimum atomic E-state index is -0.781. The normalized spacial score (nSPS) is 15.9. The molecular formula is C19H18N6OS. The van der Waals surface area contributed by atoms with Gasteiger partial charge in [-0.05, 0) is 37.8 Å². The van der Waals surface area contributed by atoms with E-state index in [0.717, 1.165) is 23.9 Å². The fourth-order valence-electron chi connectivity index (χ4n) is 3.04. The molecule has 2 heterocycles. The van der Waals surface area contributed by atoms with Crippen LogP contribution in [0.2, 0.25) is 0 Å². The van der Waals surface area contributed by atoms with Crippen molar-refractivity contribution in [3.05, 3.63) is 42.9 Å². The van der Waals surface area contributed by atoms with Crippen molar-refractivity contribution in [2.45, 2.75) is 30.3 Å².